The first kappa shape index (κ1) is 18.4. The predicted molar refractivity (Wildman–Crippen MR) is 104 cm³/mol. The third kappa shape index (κ3) is 3.32. The highest BCUT2D eigenvalue weighted by Gasteiger charge is 2.17. The van der Waals surface area contributed by atoms with E-state index in [-0.39, 0.29) is 11.2 Å². The van der Waals surface area contributed by atoms with Crippen molar-refractivity contribution in [1.29, 1.82) is 0 Å². The summed E-state index contributed by atoms with van der Waals surface area (Å²) < 4.78 is 7.81. The van der Waals surface area contributed by atoms with Crippen molar-refractivity contribution in [3.63, 3.8) is 0 Å². The van der Waals surface area contributed by atoms with Crippen LogP contribution in [0.2, 0.25) is 0 Å². The van der Waals surface area contributed by atoms with Crippen LogP contribution >= 0.6 is 11.8 Å². The van der Waals surface area contributed by atoms with Crippen molar-refractivity contribution < 1.29 is 4.74 Å². The fourth-order valence-electron chi connectivity index (χ4n) is 2.92. The Morgan fingerprint density at radius 2 is 1.96 bits per heavy atom. The third-order valence-electron chi connectivity index (χ3n) is 4.26. The second-order valence-electron chi connectivity index (χ2n) is 6.23. The summed E-state index contributed by atoms with van der Waals surface area (Å²) in [5, 5.41) is 0.460. The number of fused-ring (bicyclic) bond motifs is 1. The van der Waals surface area contributed by atoms with Crippen LogP contribution in [0.4, 0.5) is 0 Å². The predicted octanol–water partition coefficient (Wildman–Crippen LogP) is 2.38. The van der Waals surface area contributed by atoms with E-state index in [4.69, 9.17) is 4.74 Å². The molecule has 0 bridgehead atoms. The zero-order valence-corrected chi connectivity index (χ0v) is 16.1. The molecule has 0 amide bonds. The van der Waals surface area contributed by atoms with Gasteiger partial charge in [0.15, 0.2) is 0 Å². The van der Waals surface area contributed by atoms with Gasteiger partial charge in [-0.3, -0.25) is 13.9 Å². The first-order chi connectivity index (χ1) is 12.4. The van der Waals surface area contributed by atoms with E-state index in [1.165, 1.54) is 22.7 Å². The Bertz CT molecular complexity index is 1090. The normalized spacial score (nSPS) is 11.2. The van der Waals surface area contributed by atoms with Gasteiger partial charge in [-0.25, -0.2) is 9.78 Å². The molecule has 0 aliphatic rings. The number of ether oxygens (including phenoxy) is 1. The Kier molecular flexibility index (Phi) is 5.29. The van der Waals surface area contributed by atoms with Crippen molar-refractivity contribution in [2.75, 3.05) is 7.11 Å². The summed E-state index contributed by atoms with van der Waals surface area (Å²) >= 11 is 1.57. The number of nitrogens with zero attached hydrogens (tertiary/aromatic N) is 3. The average molecular weight is 371 g/mol. The largest absolute Gasteiger partial charge is 0.380 e. The summed E-state index contributed by atoms with van der Waals surface area (Å²) in [5.41, 5.74) is 2.88. The van der Waals surface area contributed by atoms with Crippen LogP contribution in [0, 0.1) is 6.92 Å². The van der Waals surface area contributed by atoms with Crippen LogP contribution < -0.4 is 11.2 Å². The molecule has 0 fully saturated rings. The molecule has 3 aromatic rings. The zero-order valence-electron chi connectivity index (χ0n) is 15.3. The lowest BCUT2D eigenvalue weighted by molar-refractivity contribution is 0.183. The maximum absolute atomic E-state index is 12.8. The molecule has 26 heavy (non-hydrogen) atoms. The first-order valence-corrected chi connectivity index (χ1v) is 9.17. The van der Waals surface area contributed by atoms with Gasteiger partial charge in [0.1, 0.15) is 5.65 Å². The maximum atomic E-state index is 12.8. The highest BCUT2D eigenvalue weighted by Crippen LogP contribution is 2.31. The monoisotopic (exact) mass is 371 g/mol. The second-order valence-corrected chi connectivity index (χ2v) is 7.21. The SMILES string of the molecule is COCc1cnc2c(c1SCc1cccc(C)c1)c(=O)n(C)c(=O)n2C. The Balaban J connectivity index is 2.18. The van der Waals surface area contributed by atoms with Gasteiger partial charge in [-0.2, -0.15) is 0 Å². The molecule has 0 aliphatic carbocycles. The standard InChI is InChI=1S/C19H21N3O3S/c1-12-6-5-7-13(8-12)11-26-16-14(10-25-4)9-20-17-15(16)18(23)22(3)19(24)21(17)2/h5-9H,10-11H2,1-4H3. The van der Waals surface area contributed by atoms with Gasteiger partial charge in [0.05, 0.1) is 12.0 Å². The number of aryl methyl sites for hydroxylation is 2. The number of pyridine rings is 1. The number of rotatable bonds is 5. The molecular weight excluding hydrogens is 350 g/mol. The van der Waals surface area contributed by atoms with Crippen molar-refractivity contribution in [1.82, 2.24) is 14.1 Å². The summed E-state index contributed by atoms with van der Waals surface area (Å²) in [5.74, 6) is 0.712. The molecule has 0 saturated carbocycles. The van der Waals surface area contributed by atoms with Crippen LogP contribution in [0.1, 0.15) is 16.7 Å². The lowest BCUT2D eigenvalue weighted by Crippen LogP contribution is -2.37. The van der Waals surface area contributed by atoms with Gasteiger partial charge in [0, 0.05) is 43.6 Å². The average Bonchev–Trinajstić information content (AvgIpc) is 2.63. The molecule has 0 aliphatic heterocycles. The summed E-state index contributed by atoms with van der Waals surface area (Å²) in [6, 6.07) is 8.26. The van der Waals surface area contributed by atoms with Crippen molar-refractivity contribution in [2.24, 2.45) is 14.1 Å². The molecule has 0 unspecified atom stereocenters. The number of thioether (sulfide) groups is 1. The van der Waals surface area contributed by atoms with Gasteiger partial charge < -0.3 is 4.74 Å². The third-order valence-corrected chi connectivity index (χ3v) is 5.49. The highest BCUT2D eigenvalue weighted by atomic mass is 32.2. The summed E-state index contributed by atoms with van der Waals surface area (Å²) in [4.78, 5) is 30.2. The molecule has 0 spiro atoms. The van der Waals surface area contributed by atoms with Crippen LogP contribution in [0.25, 0.3) is 11.0 Å². The minimum atomic E-state index is -0.385. The number of aromatic nitrogens is 3. The minimum absolute atomic E-state index is 0.333. The van der Waals surface area contributed by atoms with E-state index in [0.29, 0.717) is 23.4 Å². The molecule has 7 heteroatoms. The molecule has 6 nitrogen and oxygen atoms in total. The molecule has 3 rings (SSSR count). The van der Waals surface area contributed by atoms with Gasteiger partial charge in [-0.1, -0.05) is 29.8 Å². The molecule has 1 aromatic carbocycles. The minimum Gasteiger partial charge on any atom is -0.380 e. The van der Waals surface area contributed by atoms with Gasteiger partial charge in [0.25, 0.3) is 5.56 Å². The molecule has 0 saturated heterocycles. The second kappa shape index (κ2) is 7.47. The van der Waals surface area contributed by atoms with Crippen molar-refractivity contribution in [2.45, 2.75) is 24.2 Å². The van der Waals surface area contributed by atoms with E-state index in [1.54, 1.807) is 32.1 Å². The van der Waals surface area contributed by atoms with E-state index >= 15 is 0 Å². The Morgan fingerprint density at radius 3 is 2.65 bits per heavy atom. The Hall–Kier alpha value is -2.38. The zero-order chi connectivity index (χ0) is 18.8. The Morgan fingerprint density at radius 1 is 1.19 bits per heavy atom. The van der Waals surface area contributed by atoms with Gasteiger partial charge in [-0.05, 0) is 12.5 Å². The molecule has 0 radical (unpaired) electrons. The fraction of sp³-hybridized carbons (Fsp3) is 0.316. The summed E-state index contributed by atoms with van der Waals surface area (Å²) in [6.07, 6.45) is 1.68. The van der Waals surface area contributed by atoms with Gasteiger partial charge >= 0.3 is 5.69 Å². The smallest absolute Gasteiger partial charge is 0.332 e. The first-order valence-electron chi connectivity index (χ1n) is 8.19. The van der Waals surface area contributed by atoms with Crippen molar-refractivity contribution >= 4 is 22.8 Å². The van der Waals surface area contributed by atoms with Crippen LogP contribution in [-0.4, -0.2) is 21.2 Å². The van der Waals surface area contributed by atoms with E-state index in [0.717, 1.165) is 15.0 Å². The highest BCUT2D eigenvalue weighted by molar-refractivity contribution is 7.98. The molecular formula is C19H21N3O3S. The van der Waals surface area contributed by atoms with Crippen LogP contribution in [0.15, 0.2) is 44.9 Å². The van der Waals surface area contributed by atoms with Crippen LogP contribution in [-0.2, 0) is 31.2 Å². The number of methoxy groups -OCH3 is 1. The molecule has 0 N–H and O–H groups in total. The maximum Gasteiger partial charge on any atom is 0.332 e. The van der Waals surface area contributed by atoms with Crippen molar-refractivity contribution in [3.05, 3.63) is 68.0 Å². The van der Waals surface area contributed by atoms with Gasteiger partial charge in [0.2, 0.25) is 0 Å². The quantitative estimate of drug-likeness (QED) is 0.644. The fourth-order valence-corrected chi connectivity index (χ4v) is 4.03. The Labute approximate surface area is 155 Å². The lowest BCUT2D eigenvalue weighted by atomic mass is 10.2. The molecule has 2 aromatic heterocycles. The number of hydrogen-bond acceptors (Lipinski definition) is 5. The summed E-state index contributed by atoms with van der Waals surface area (Å²) in [6.45, 7) is 2.41. The molecule has 0 atom stereocenters. The van der Waals surface area contributed by atoms with Crippen LogP contribution in [0.5, 0.6) is 0 Å². The lowest BCUT2D eigenvalue weighted by Gasteiger charge is -2.14. The molecule has 136 valence electrons. The van der Waals surface area contributed by atoms with E-state index in [2.05, 4.69) is 30.1 Å². The van der Waals surface area contributed by atoms with Gasteiger partial charge in [-0.15, -0.1) is 11.8 Å². The van der Waals surface area contributed by atoms with Crippen LogP contribution in [0.3, 0.4) is 0 Å². The van der Waals surface area contributed by atoms with E-state index in [9.17, 15) is 9.59 Å². The number of benzene rings is 1. The van der Waals surface area contributed by atoms with E-state index < -0.39 is 0 Å². The van der Waals surface area contributed by atoms with Crippen molar-refractivity contribution in [3.8, 4) is 0 Å². The molecule has 2 heterocycles. The summed E-state index contributed by atoms with van der Waals surface area (Å²) in [7, 11) is 4.72. The van der Waals surface area contributed by atoms with E-state index in [1.807, 2.05) is 6.07 Å². The number of hydrogen-bond donors (Lipinski definition) is 0. The topological polar surface area (TPSA) is 66.1 Å².